The van der Waals surface area contributed by atoms with E-state index in [1.165, 1.54) is 16.7 Å². The lowest BCUT2D eigenvalue weighted by atomic mass is 9.68. The number of hydrogen-bond acceptors (Lipinski definition) is 8. The monoisotopic (exact) mass is 690 g/mol. The molecule has 7 rings (SSSR count). The number of rotatable bonds is 3. The Kier molecular flexibility index (Phi) is 9.15. The molecule has 5 aliphatic rings. The number of aliphatic hydroxyl groups is 1. The first kappa shape index (κ1) is 34.2. The summed E-state index contributed by atoms with van der Waals surface area (Å²) in [4.78, 5) is 34.2. The smallest absolute Gasteiger partial charge is 0.305 e. The third-order valence-corrected chi connectivity index (χ3v) is 13.5. The molecule has 2 aromatic rings. The number of hydrogen-bond donors (Lipinski definition) is 2. The van der Waals surface area contributed by atoms with Gasteiger partial charge in [-0.15, -0.1) is 4.36 Å². The molecule has 2 saturated carbocycles. The van der Waals surface area contributed by atoms with Gasteiger partial charge >= 0.3 is 5.91 Å². The molecule has 11 heteroatoms. The van der Waals surface area contributed by atoms with E-state index in [4.69, 9.17) is 14.5 Å². The van der Waals surface area contributed by atoms with Crippen LogP contribution in [0, 0.1) is 30.6 Å². The van der Waals surface area contributed by atoms with Gasteiger partial charge in [-0.25, -0.2) is 9.19 Å². The van der Waals surface area contributed by atoms with Crippen molar-refractivity contribution in [2.75, 3.05) is 37.5 Å². The fourth-order valence-corrected chi connectivity index (χ4v) is 10.8. The second-order valence-electron chi connectivity index (χ2n) is 15.7. The predicted octanol–water partition coefficient (Wildman–Crippen LogP) is 5.30. The highest BCUT2D eigenvalue weighted by atomic mass is 32.2. The van der Waals surface area contributed by atoms with Crippen molar-refractivity contribution in [3.05, 3.63) is 64.9 Å². The Labute approximate surface area is 290 Å². The molecule has 264 valence electrons. The SMILES string of the molecule is CO[C@H]1/C=C/C[C@H](C)C[S@@](=O)(NC(=O)[C@H]2C[C@@](C)(O)C2)=NC(=O)c2ccc3c(n2)N(C[C@@H]2CC[C@H]21)C[C@@]1(CCCc2cc(C)ccc21)CO3. The summed E-state index contributed by atoms with van der Waals surface area (Å²) in [5.74, 6) is 0.106. The summed E-state index contributed by atoms with van der Waals surface area (Å²) >= 11 is 0. The summed E-state index contributed by atoms with van der Waals surface area (Å²) < 4.78 is 33.9. The summed E-state index contributed by atoms with van der Waals surface area (Å²) in [5.41, 5.74) is 2.86. The zero-order valence-corrected chi connectivity index (χ0v) is 30.0. The quantitative estimate of drug-likeness (QED) is 0.415. The minimum absolute atomic E-state index is 0.00319. The normalized spacial score (nSPS) is 36.5. The maximum atomic E-state index is 14.4. The Hall–Kier alpha value is -3.28. The molecular formula is C38H50N4O6S. The third kappa shape index (κ3) is 6.90. The molecule has 10 nitrogen and oxygen atoms in total. The van der Waals surface area contributed by atoms with Gasteiger partial charge < -0.3 is 19.5 Å². The molecule has 0 radical (unpaired) electrons. The van der Waals surface area contributed by atoms with Crippen LogP contribution in [0.5, 0.6) is 5.75 Å². The molecule has 6 atom stereocenters. The van der Waals surface area contributed by atoms with E-state index in [0.717, 1.165) is 38.6 Å². The number of nitrogens with zero attached hydrogens (tertiary/aromatic N) is 3. The molecule has 2 fully saturated rings. The summed E-state index contributed by atoms with van der Waals surface area (Å²) in [6, 6.07) is 10.2. The van der Waals surface area contributed by atoms with Crippen molar-refractivity contribution in [2.45, 2.75) is 89.3 Å². The number of methoxy groups -OCH3 is 1. The Balaban J connectivity index is 1.28. The lowest BCUT2D eigenvalue weighted by molar-refractivity contribution is -0.137. The number of ether oxygens (including phenoxy) is 2. The molecular weight excluding hydrogens is 641 g/mol. The summed E-state index contributed by atoms with van der Waals surface area (Å²) in [6.07, 6.45) is 10.5. The first-order chi connectivity index (χ1) is 23.4. The van der Waals surface area contributed by atoms with Crippen LogP contribution in [-0.4, -0.2) is 70.4 Å². The molecule has 49 heavy (non-hydrogen) atoms. The number of carbonyl (C=O) groups is 2. The van der Waals surface area contributed by atoms with Crippen LogP contribution < -0.4 is 14.4 Å². The van der Waals surface area contributed by atoms with Gasteiger partial charge in [0.15, 0.2) is 11.6 Å². The van der Waals surface area contributed by atoms with Crippen LogP contribution >= 0.6 is 0 Å². The average Bonchev–Trinajstić information content (AvgIpc) is 3.17. The minimum Gasteiger partial charge on any atom is -0.489 e. The van der Waals surface area contributed by atoms with Crippen LogP contribution in [0.1, 0.15) is 86.0 Å². The Morgan fingerprint density at radius 1 is 1.20 bits per heavy atom. The molecule has 2 N–H and O–H groups in total. The summed E-state index contributed by atoms with van der Waals surface area (Å²) in [7, 11) is -1.75. The summed E-state index contributed by atoms with van der Waals surface area (Å²) in [5, 5.41) is 10.2. The maximum absolute atomic E-state index is 14.4. The number of benzene rings is 1. The summed E-state index contributed by atoms with van der Waals surface area (Å²) in [6.45, 7) is 7.71. The lowest BCUT2D eigenvalue weighted by Gasteiger charge is -2.45. The van der Waals surface area contributed by atoms with Gasteiger partial charge in [0, 0.05) is 31.5 Å². The van der Waals surface area contributed by atoms with Gasteiger partial charge in [0.25, 0.3) is 0 Å². The standard InChI is InChI=1S/C38H50N4O6S/c1-24-10-13-30-26(17-24)8-6-16-38(30)22-42-20-27-11-12-29(27)32(47-4)9-5-7-25(2)21-49(46,40-35(43)28-18-37(3,45)19-28)41-36(44)31-14-15-33(48-23-38)34(42)39-31/h5,9-10,13-15,17,25,27-29,32,45H,6-8,11-12,16,18-23H2,1-4H3,(H,40,41,43,44,46)/b9-5+/t25-,27-,28-,29+,32-,37+,38-,49+/m0/s1. The van der Waals surface area contributed by atoms with Crippen LogP contribution in [0.25, 0.3) is 0 Å². The number of fused-ring (bicyclic) bond motifs is 4. The van der Waals surface area contributed by atoms with Crippen molar-refractivity contribution in [1.82, 2.24) is 9.71 Å². The van der Waals surface area contributed by atoms with Gasteiger partial charge in [0.1, 0.15) is 15.6 Å². The van der Waals surface area contributed by atoms with Crippen LogP contribution in [0.4, 0.5) is 5.82 Å². The fourth-order valence-electron chi connectivity index (χ4n) is 8.80. The number of carbonyl (C=O) groups excluding carboxylic acids is 2. The molecule has 2 amide bonds. The van der Waals surface area contributed by atoms with Crippen LogP contribution in [0.2, 0.25) is 0 Å². The molecule has 3 aliphatic carbocycles. The maximum Gasteiger partial charge on any atom is 0.305 e. The van der Waals surface area contributed by atoms with Crippen molar-refractivity contribution in [2.24, 2.45) is 28.0 Å². The van der Waals surface area contributed by atoms with E-state index in [1.807, 2.05) is 6.92 Å². The van der Waals surface area contributed by atoms with E-state index < -0.39 is 33.2 Å². The first-order valence-electron chi connectivity index (χ1n) is 17.9. The number of aryl methyl sites for hydroxylation is 2. The number of allylic oxidation sites excluding steroid dienone is 1. The second-order valence-corrected chi connectivity index (χ2v) is 17.7. The molecule has 0 saturated heterocycles. The lowest BCUT2D eigenvalue weighted by Crippen LogP contribution is -2.50. The topological polar surface area (TPSA) is 130 Å². The van der Waals surface area contributed by atoms with E-state index >= 15 is 0 Å². The van der Waals surface area contributed by atoms with Crippen molar-refractivity contribution < 1.29 is 28.4 Å². The number of pyridine rings is 1. The molecule has 1 spiro atoms. The first-order valence-corrected chi connectivity index (χ1v) is 19.6. The number of aromatic nitrogens is 1. The van der Waals surface area contributed by atoms with Gasteiger partial charge in [-0.1, -0.05) is 42.8 Å². The molecule has 2 bridgehead atoms. The van der Waals surface area contributed by atoms with Crippen LogP contribution in [-0.2, 0) is 31.3 Å². The average molecular weight is 691 g/mol. The highest BCUT2D eigenvalue weighted by molar-refractivity contribution is 7.92. The van der Waals surface area contributed by atoms with Gasteiger partial charge in [-0.05, 0) is 106 Å². The Morgan fingerprint density at radius 2 is 2.02 bits per heavy atom. The molecule has 0 unspecified atom stereocenters. The zero-order valence-electron chi connectivity index (χ0n) is 29.2. The van der Waals surface area contributed by atoms with E-state index in [0.29, 0.717) is 43.0 Å². The van der Waals surface area contributed by atoms with Gasteiger partial charge in [0.2, 0.25) is 5.91 Å². The number of amides is 2. The highest BCUT2D eigenvalue weighted by Crippen LogP contribution is 2.46. The number of nitrogens with one attached hydrogen (secondary N) is 1. The minimum atomic E-state index is -3.51. The van der Waals surface area contributed by atoms with Crippen molar-refractivity contribution in [1.29, 1.82) is 0 Å². The van der Waals surface area contributed by atoms with E-state index in [-0.39, 0.29) is 41.7 Å². The van der Waals surface area contributed by atoms with Crippen molar-refractivity contribution >= 4 is 27.5 Å². The number of anilines is 1. The van der Waals surface area contributed by atoms with E-state index in [1.54, 1.807) is 26.2 Å². The van der Waals surface area contributed by atoms with E-state index in [9.17, 15) is 18.9 Å². The van der Waals surface area contributed by atoms with Gasteiger partial charge in [0.05, 0.1) is 24.1 Å². The molecule has 1 aromatic carbocycles. The van der Waals surface area contributed by atoms with Crippen molar-refractivity contribution in [3.8, 4) is 5.75 Å². The van der Waals surface area contributed by atoms with Crippen molar-refractivity contribution in [3.63, 3.8) is 0 Å². The fraction of sp³-hybridized carbons (Fsp3) is 0.605. The molecule has 1 aromatic heterocycles. The predicted molar refractivity (Wildman–Crippen MR) is 189 cm³/mol. The third-order valence-electron chi connectivity index (χ3n) is 11.5. The highest BCUT2D eigenvalue weighted by Gasteiger charge is 2.46. The van der Waals surface area contributed by atoms with Gasteiger partial charge in [-0.3, -0.25) is 14.3 Å². The Bertz CT molecular complexity index is 1770. The Morgan fingerprint density at radius 3 is 2.76 bits per heavy atom. The van der Waals surface area contributed by atoms with Crippen LogP contribution in [0.3, 0.4) is 0 Å². The largest absolute Gasteiger partial charge is 0.489 e. The zero-order chi connectivity index (χ0) is 34.6. The van der Waals surface area contributed by atoms with Gasteiger partial charge in [-0.2, -0.15) is 0 Å². The molecule has 3 heterocycles. The molecule has 2 aliphatic heterocycles. The van der Waals surface area contributed by atoms with Crippen LogP contribution in [0.15, 0.2) is 46.8 Å². The van der Waals surface area contributed by atoms with E-state index in [2.05, 4.69) is 51.3 Å². The second kappa shape index (κ2) is 13.1.